The van der Waals surface area contributed by atoms with Crippen LogP contribution in [0.5, 0.6) is 0 Å². The number of hydrogen-bond acceptors (Lipinski definition) is 10. The molecule has 4 atom stereocenters. The number of rotatable bonds is 8. The van der Waals surface area contributed by atoms with Gasteiger partial charge in [-0.15, -0.1) is 11.3 Å². The molecule has 15 heteroatoms. The van der Waals surface area contributed by atoms with Crippen LogP contribution in [-0.4, -0.2) is 112 Å². The predicted molar refractivity (Wildman–Crippen MR) is 237 cm³/mol. The molecule has 3 aliphatic rings. The number of carbonyl (C=O) groups is 4. The number of nitrogens with one attached hydrogen (secondary N) is 2. The van der Waals surface area contributed by atoms with Gasteiger partial charge in [-0.3, -0.25) is 24.4 Å². The van der Waals surface area contributed by atoms with Crippen LogP contribution in [0, 0.1) is 11.3 Å². The number of hydrazine groups is 1. The number of hydrogen-bond donors (Lipinski definition) is 2. The number of thiazole rings is 1. The minimum absolute atomic E-state index is 0.122. The van der Waals surface area contributed by atoms with E-state index in [1.165, 1.54) is 21.2 Å². The molecule has 61 heavy (non-hydrogen) atoms. The Kier molecular flexibility index (Phi) is 13.5. The lowest BCUT2D eigenvalue weighted by Gasteiger charge is -2.38. The van der Waals surface area contributed by atoms with Crippen LogP contribution in [0.15, 0.2) is 41.9 Å². The van der Waals surface area contributed by atoms with Crippen LogP contribution >= 0.6 is 11.3 Å². The van der Waals surface area contributed by atoms with Crippen molar-refractivity contribution in [2.24, 2.45) is 11.3 Å². The first-order chi connectivity index (χ1) is 29.2. The lowest BCUT2D eigenvalue weighted by atomic mass is 9.84. The highest BCUT2D eigenvalue weighted by Gasteiger charge is 2.39. The number of methoxy groups -OCH3 is 1. The largest absolute Gasteiger partial charge is 0.464 e. The van der Waals surface area contributed by atoms with Gasteiger partial charge >= 0.3 is 12.0 Å². The highest BCUT2D eigenvalue weighted by molar-refractivity contribution is 7.10. The number of benzene rings is 1. The van der Waals surface area contributed by atoms with Crippen LogP contribution in [0.2, 0.25) is 0 Å². The van der Waals surface area contributed by atoms with E-state index < -0.39 is 35.4 Å². The van der Waals surface area contributed by atoms with Crippen molar-refractivity contribution in [1.82, 2.24) is 40.1 Å². The van der Waals surface area contributed by atoms with Gasteiger partial charge < -0.3 is 29.2 Å². The van der Waals surface area contributed by atoms with Crippen molar-refractivity contribution < 1.29 is 28.7 Å². The zero-order chi connectivity index (χ0) is 43.6. The molecule has 328 valence electrons. The zero-order valence-electron chi connectivity index (χ0n) is 37.0. The molecule has 0 radical (unpaired) electrons. The summed E-state index contributed by atoms with van der Waals surface area (Å²) in [4.78, 5) is 69.5. The van der Waals surface area contributed by atoms with Gasteiger partial charge in [-0.25, -0.2) is 15.2 Å². The Morgan fingerprint density at radius 2 is 1.87 bits per heavy atom. The number of aromatic nitrogens is 3. The van der Waals surface area contributed by atoms with Gasteiger partial charge in [-0.2, -0.15) is 0 Å². The van der Waals surface area contributed by atoms with Crippen LogP contribution in [-0.2, 0) is 43.2 Å². The topological polar surface area (TPSA) is 151 Å². The maximum atomic E-state index is 14.5. The number of aryl methyl sites for hydroxylation is 1. The van der Waals surface area contributed by atoms with E-state index in [1.807, 2.05) is 32.2 Å². The smallest absolute Gasteiger partial charge is 0.324 e. The number of amides is 4. The molecule has 0 saturated carbocycles. The minimum atomic E-state index is -1.02. The number of likely N-dealkylation sites (tertiary alicyclic amines) is 1. The minimum Gasteiger partial charge on any atom is -0.464 e. The van der Waals surface area contributed by atoms with Crippen molar-refractivity contribution >= 4 is 46.1 Å². The number of urea groups is 1. The number of likely N-dealkylation sites (N-methyl/N-ethyl adjacent to an activating group) is 1. The van der Waals surface area contributed by atoms with E-state index in [4.69, 9.17) is 19.4 Å². The number of cyclic esters (lactones) is 1. The summed E-state index contributed by atoms with van der Waals surface area (Å²) in [5.74, 6) is -1.46. The standard InChI is InChI=1S/C46H62N8O6S/c1-9-53-37-18-17-30-23-32(37)33(41(53)31-15-13-19-47-39(31)29(4)59-8)25-46(5,6)27-60-44(57)34-16-14-22-54(50-34)43(56)35(24-38-48-36(30)26-61-38)49-42(55)40(28(2)3)51(7)45(58)52-20-11-10-12-21-52/h13,15,17-19,23,26,28-29,34-35,40,50H,9-12,14,16,20-22,24-25,27H2,1-8H3,(H,49,55)/t29-,34-,35-,40?/m0/s1. The first-order valence-corrected chi connectivity index (χ1v) is 22.7. The molecule has 0 spiro atoms. The first-order valence-electron chi connectivity index (χ1n) is 21.9. The molecule has 1 unspecified atom stereocenters. The van der Waals surface area contributed by atoms with Crippen molar-refractivity contribution in [3.63, 3.8) is 0 Å². The van der Waals surface area contributed by atoms with E-state index in [-0.39, 0.29) is 37.0 Å². The Balaban J connectivity index is 1.29. The molecule has 1 aromatic carbocycles. The van der Waals surface area contributed by atoms with Crippen LogP contribution in [0.3, 0.4) is 0 Å². The van der Waals surface area contributed by atoms with E-state index in [1.54, 1.807) is 25.3 Å². The Hall–Kier alpha value is -4.86. The number of ether oxygens (including phenoxy) is 2. The first kappa shape index (κ1) is 44.2. The lowest BCUT2D eigenvalue weighted by molar-refractivity contribution is -0.155. The summed E-state index contributed by atoms with van der Waals surface area (Å²) < 4.78 is 14.2. The normalized spacial score (nSPS) is 20.9. The quantitative estimate of drug-likeness (QED) is 0.183. The molecule has 6 heterocycles. The highest BCUT2D eigenvalue weighted by atomic mass is 32.1. The third-order valence-corrected chi connectivity index (χ3v) is 13.3. The molecule has 4 aromatic rings. The zero-order valence-corrected chi connectivity index (χ0v) is 37.8. The third kappa shape index (κ3) is 9.34. The fraction of sp³-hybridized carbons (Fsp3) is 0.565. The average Bonchev–Trinajstić information content (AvgIpc) is 3.85. The van der Waals surface area contributed by atoms with Crippen molar-refractivity contribution in [3.05, 3.63) is 58.2 Å². The number of pyridine rings is 1. The predicted octanol–water partition coefficient (Wildman–Crippen LogP) is 6.76. The molecule has 7 rings (SSSR count). The Morgan fingerprint density at radius 1 is 1.10 bits per heavy atom. The highest BCUT2D eigenvalue weighted by Crippen LogP contribution is 2.42. The van der Waals surface area contributed by atoms with Crippen LogP contribution < -0.4 is 10.7 Å². The Bertz CT molecular complexity index is 2240. The van der Waals surface area contributed by atoms with Gasteiger partial charge in [0.2, 0.25) is 5.91 Å². The monoisotopic (exact) mass is 854 g/mol. The van der Waals surface area contributed by atoms with Crippen molar-refractivity contribution in [2.45, 2.75) is 117 Å². The number of carbonyl (C=O) groups excluding carboxylic acids is 4. The van der Waals surface area contributed by atoms with Gasteiger partial charge in [0, 0.05) is 85.8 Å². The summed E-state index contributed by atoms with van der Waals surface area (Å²) in [5, 5.41) is 8.23. The average molecular weight is 855 g/mol. The number of fused-ring (bicyclic) bond motifs is 6. The molecule has 6 bridgehead atoms. The second-order valence-corrected chi connectivity index (χ2v) is 18.8. The molecule has 2 N–H and O–H groups in total. The number of piperidine rings is 1. The summed E-state index contributed by atoms with van der Waals surface area (Å²) in [5.41, 5.74) is 9.43. The molecule has 3 aliphatic heterocycles. The fourth-order valence-electron chi connectivity index (χ4n) is 9.17. The fourth-order valence-corrected chi connectivity index (χ4v) is 10.0. The summed E-state index contributed by atoms with van der Waals surface area (Å²) in [6, 6.07) is 7.69. The van der Waals surface area contributed by atoms with Gasteiger partial charge in [0.15, 0.2) is 0 Å². The molecule has 2 saturated heterocycles. The Morgan fingerprint density at radius 3 is 2.59 bits per heavy atom. The van der Waals surface area contributed by atoms with E-state index in [0.717, 1.165) is 63.9 Å². The number of esters is 1. The van der Waals surface area contributed by atoms with E-state index >= 15 is 0 Å². The summed E-state index contributed by atoms with van der Waals surface area (Å²) >= 11 is 1.43. The Labute approximate surface area is 363 Å². The second kappa shape index (κ2) is 18.6. The summed E-state index contributed by atoms with van der Waals surface area (Å²) in [6.07, 6.45) is 6.28. The van der Waals surface area contributed by atoms with Crippen molar-refractivity contribution in [3.8, 4) is 22.5 Å². The summed E-state index contributed by atoms with van der Waals surface area (Å²) in [7, 11) is 3.36. The third-order valence-electron chi connectivity index (χ3n) is 12.4. The van der Waals surface area contributed by atoms with Gasteiger partial charge in [-0.1, -0.05) is 33.8 Å². The van der Waals surface area contributed by atoms with Crippen LogP contribution in [0.1, 0.15) is 96.0 Å². The molecule has 2 fully saturated rings. The molecule has 14 nitrogen and oxygen atoms in total. The maximum absolute atomic E-state index is 14.5. The SMILES string of the molecule is CCn1c(-c2cccnc2[C@H](C)OC)c2c3cc(ccc31)-c1csc(n1)C[C@H](NC(=O)C(C(C)C)N(C)C(=O)N1CCCCC1)C(=O)N1CCC[C@H](N1)C(=O)OCC(C)(C)C2. The van der Waals surface area contributed by atoms with Gasteiger partial charge in [0.05, 0.1) is 34.8 Å². The van der Waals surface area contributed by atoms with Crippen LogP contribution in [0.25, 0.3) is 33.4 Å². The molecular formula is C46H62N8O6S. The second-order valence-electron chi connectivity index (χ2n) is 17.9. The van der Waals surface area contributed by atoms with Crippen molar-refractivity contribution in [1.29, 1.82) is 0 Å². The van der Waals surface area contributed by atoms with E-state index in [9.17, 15) is 19.2 Å². The number of nitrogens with zero attached hydrogens (tertiary/aromatic N) is 6. The van der Waals surface area contributed by atoms with Crippen LogP contribution in [0.4, 0.5) is 4.79 Å². The maximum Gasteiger partial charge on any atom is 0.324 e. The van der Waals surface area contributed by atoms with E-state index in [0.29, 0.717) is 50.4 Å². The van der Waals surface area contributed by atoms with E-state index in [2.05, 4.69) is 60.3 Å². The van der Waals surface area contributed by atoms with Crippen molar-refractivity contribution in [2.75, 3.05) is 40.4 Å². The molecule has 3 aromatic heterocycles. The van der Waals surface area contributed by atoms with Gasteiger partial charge in [0.25, 0.3) is 5.91 Å². The summed E-state index contributed by atoms with van der Waals surface area (Å²) in [6.45, 7) is 14.7. The van der Waals surface area contributed by atoms with Gasteiger partial charge in [-0.05, 0) is 88.1 Å². The molecular weight excluding hydrogens is 793 g/mol. The lowest BCUT2D eigenvalue weighted by Crippen LogP contribution is -2.62. The molecule has 4 amide bonds. The van der Waals surface area contributed by atoms with Gasteiger partial charge in [0.1, 0.15) is 18.1 Å². The molecule has 0 aliphatic carbocycles.